The molecule has 70 valence electrons. The summed E-state index contributed by atoms with van der Waals surface area (Å²) in [5, 5.41) is 10.7. The molecule has 0 bridgehead atoms. The third-order valence-electron chi connectivity index (χ3n) is 1.65. The minimum atomic E-state index is -1.20. The van der Waals surface area contributed by atoms with Gasteiger partial charge in [-0.3, -0.25) is 0 Å². The van der Waals surface area contributed by atoms with E-state index < -0.39 is 12.1 Å². The molecule has 0 aliphatic heterocycles. The molecule has 0 radical (unpaired) electrons. The predicted octanol–water partition coefficient (Wildman–Crippen LogP) is -2.48. The van der Waals surface area contributed by atoms with Gasteiger partial charge in [0.2, 0.25) is 0 Å². The molecule has 0 saturated carbocycles. The molecular weight excluding hydrogens is 191 g/mol. The number of benzene rings is 1. The van der Waals surface area contributed by atoms with Gasteiger partial charge in [-0.1, -0.05) is 30.3 Å². The molecule has 0 amide bonds. The van der Waals surface area contributed by atoms with Gasteiger partial charge >= 0.3 is 29.6 Å². The number of carboxylic acids is 1. The van der Waals surface area contributed by atoms with Crippen molar-refractivity contribution in [3.8, 4) is 0 Å². The van der Waals surface area contributed by atoms with Crippen LogP contribution in [0.15, 0.2) is 30.3 Å². The second-order valence-electron chi connectivity index (χ2n) is 2.57. The summed E-state index contributed by atoms with van der Waals surface area (Å²) < 4.78 is 5.03. The number of carbonyl (C=O) groups excluding carboxylic acids is 1. The molecule has 0 saturated heterocycles. The molecule has 0 fully saturated rings. The van der Waals surface area contributed by atoms with Gasteiger partial charge < -0.3 is 14.6 Å². The van der Waals surface area contributed by atoms with Crippen molar-refractivity contribution in [3.63, 3.8) is 0 Å². The van der Waals surface area contributed by atoms with Crippen molar-refractivity contribution in [1.82, 2.24) is 0 Å². The number of carboxylic acid groups (broad SMARTS) is 1. The molecule has 0 aliphatic carbocycles. The van der Waals surface area contributed by atoms with Crippen molar-refractivity contribution in [3.05, 3.63) is 35.9 Å². The van der Waals surface area contributed by atoms with Crippen LogP contribution in [0.1, 0.15) is 18.6 Å². The van der Waals surface area contributed by atoms with Gasteiger partial charge in [-0.25, -0.2) is 0 Å². The van der Waals surface area contributed by atoms with E-state index in [2.05, 4.69) is 0 Å². The van der Waals surface area contributed by atoms with Gasteiger partial charge in [-0.05, 0) is 12.5 Å². The number of ether oxygens (including phenoxy) is 1. The fourth-order valence-corrected chi connectivity index (χ4v) is 1.09. The Labute approximate surface area is 105 Å². The quantitative estimate of drug-likeness (QED) is 0.508. The predicted molar refractivity (Wildman–Crippen MR) is 45.8 cm³/mol. The zero-order chi connectivity index (χ0) is 9.68. The monoisotopic (exact) mass is 202 g/mol. The Morgan fingerprint density at radius 3 is 2.43 bits per heavy atom. The molecule has 3 nitrogen and oxygen atoms in total. The van der Waals surface area contributed by atoms with Crippen molar-refractivity contribution in [1.29, 1.82) is 0 Å². The van der Waals surface area contributed by atoms with Gasteiger partial charge in [0.05, 0.1) is 5.97 Å². The minimum Gasteiger partial charge on any atom is -0.547 e. The van der Waals surface area contributed by atoms with E-state index in [1.54, 1.807) is 31.2 Å². The molecule has 1 aromatic rings. The number of carbonyl (C=O) groups is 1. The van der Waals surface area contributed by atoms with E-state index in [-0.39, 0.29) is 29.6 Å². The standard InChI is InChI=1S/C10H12O3.Na/c1-2-13-9(10(11)12)8-6-4-3-5-7-8;/h3-7,9H,2H2,1H3,(H,11,12);/q;+1/p-1/t9-;/m1./s1. The van der Waals surface area contributed by atoms with E-state index in [1.807, 2.05) is 6.07 Å². The van der Waals surface area contributed by atoms with E-state index >= 15 is 0 Å². The van der Waals surface area contributed by atoms with Crippen LogP contribution in [0, 0.1) is 0 Å². The summed E-state index contributed by atoms with van der Waals surface area (Å²) >= 11 is 0. The number of rotatable bonds is 4. The van der Waals surface area contributed by atoms with Gasteiger partial charge in [0, 0.05) is 6.61 Å². The van der Waals surface area contributed by atoms with Crippen LogP contribution < -0.4 is 34.7 Å². The largest absolute Gasteiger partial charge is 1.00 e. The average molecular weight is 202 g/mol. The van der Waals surface area contributed by atoms with Gasteiger partial charge in [0.25, 0.3) is 0 Å². The Morgan fingerprint density at radius 2 is 2.00 bits per heavy atom. The van der Waals surface area contributed by atoms with Crippen LogP contribution in [0.25, 0.3) is 0 Å². The summed E-state index contributed by atoms with van der Waals surface area (Å²) in [5.74, 6) is -1.20. The third kappa shape index (κ3) is 3.80. The number of hydrogen-bond donors (Lipinski definition) is 0. The Morgan fingerprint density at radius 1 is 1.43 bits per heavy atom. The van der Waals surface area contributed by atoms with Crippen LogP contribution in [-0.4, -0.2) is 12.6 Å². The first-order valence-corrected chi connectivity index (χ1v) is 4.13. The van der Waals surface area contributed by atoms with E-state index in [0.29, 0.717) is 12.2 Å². The summed E-state index contributed by atoms with van der Waals surface area (Å²) in [4.78, 5) is 10.7. The van der Waals surface area contributed by atoms with Gasteiger partial charge in [0.1, 0.15) is 6.10 Å². The molecule has 0 aliphatic rings. The normalized spacial score (nSPS) is 11.5. The van der Waals surface area contributed by atoms with Crippen LogP contribution in [-0.2, 0) is 9.53 Å². The summed E-state index contributed by atoms with van der Waals surface area (Å²) in [6, 6.07) is 8.77. The maximum absolute atomic E-state index is 10.7. The fraction of sp³-hybridized carbons (Fsp3) is 0.300. The van der Waals surface area contributed by atoms with Crippen molar-refractivity contribution in [2.75, 3.05) is 6.61 Å². The van der Waals surface area contributed by atoms with Crippen molar-refractivity contribution in [2.24, 2.45) is 0 Å². The van der Waals surface area contributed by atoms with E-state index in [4.69, 9.17) is 4.74 Å². The topological polar surface area (TPSA) is 49.4 Å². The molecule has 1 rings (SSSR count). The summed E-state index contributed by atoms with van der Waals surface area (Å²) in [6.45, 7) is 2.10. The first-order valence-electron chi connectivity index (χ1n) is 4.13. The molecule has 0 aromatic heterocycles. The molecule has 4 heteroatoms. The Balaban J connectivity index is 0.00000169. The van der Waals surface area contributed by atoms with Gasteiger partial charge in [0.15, 0.2) is 0 Å². The molecule has 1 aromatic carbocycles. The molecule has 0 spiro atoms. The number of aliphatic carboxylic acids is 1. The van der Waals surface area contributed by atoms with Crippen LogP contribution >= 0.6 is 0 Å². The SMILES string of the molecule is CCO[C@@H](C(=O)[O-])c1ccccc1.[Na+]. The maximum Gasteiger partial charge on any atom is 1.00 e. The molecule has 14 heavy (non-hydrogen) atoms. The van der Waals surface area contributed by atoms with Crippen molar-refractivity contribution >= 4 is 5.97 Å². The second-order valence-corrected chi connectivity index (χ2v) is 2.57. The van der Waals surface area contributed by atoms with Crippen molar-refractivity contribution in [2.45, 2.75) is 13.0 Å². The first-order chi connectivity index (χ1) is 6.25. The van der Waals surface area contributed by atoms with Crippen LogP contribution in [0.3, 0.4) is 0 Å². The van der Waals surface area contributed by atoms with E-state index in [1.165, 1.54) is 0 Å². The smallest absolute Gasteiger partial charge is 0.547 e. The molecule has 1 atom stereocenters. The zero-order valence-electron chi connectivity index (χ0n) is 8.40. The molecule has 0 heterocycles. The second kappa shape index (κ2) is 7.01. The first kappa shape index (κ1) is 13.7. The Bertz CT molecular complexity index is 274. The summed E-state index contributed by atoms with van der Waals surface area (Å²) in [6.07, 6.45) is -0.953. The van der Waals surface area contributed by atoms with Gasteiger partial charge in [-0.15, -0.1) is 0 Å². The van der Waals surface area contributed by atoms with Crippen LogP contribution in [0.5, 0.6) is 0 Å². The summed E-state index contributed by atoms with van der Waals surface area (Å²) in [7, 11) is 0. The van der Waals surface area contributed by atoms with E-state index in [0.717, 1.165) is 0 Å². The van der Waals surface area contributed by atoms with Crippen LogP contribution in [0.4, 0.5) is 0 Å². The Kier molecular flexibility index (Phi) is 6.83. The molecule has 0 N–H and O–H groups in total. The van der Waals surface area contributed by atoms with Crippen LogP contribution in [0.2, 0.25) is 0 Å². The zero-order valence-corrected chi connectivity index (χ0v) is 10.4. The Hall–Kier alpha value is -0.350. The average Bonchev–Trinajstić information content (AvgIpc) is 2.15. The molecular formula is C10H11NaO3. The molecule has 0 unspecified atom stereocenters. The van der Waals surface area contributed by atoms with Gasteiger partial charge in [-0.2, -0.15) is 0 Å². The van der Waals surface area contributed by atoms with Crippen molar-refractivity contribution < 1.29 is 44.2 Å². The minimum absolute atomic E-state index is 0. The maximum atomic E-state index is 10.7. The van der Waals surface area contributed by atoms with E-state index in [9.17, 15) is 9.90 Å². The number of hydrogen-bond acceptors (Lipinski definition) is 3. The third-order valence-corrected chi connectivity index (χ3v) is 1.65. The fourth-order valence-electron chi connectivity index (χ4n) is 1.09. The summed E-state index contributed by atoms with van der Waals surface area (Å²) in [5.41, 5.74) is 0.615.